The van der Waals surface area contributed by atoms with E-state index in [0.717, 1.165) is 20.5 Å². The number of carbonyl (C=O) groups is 1. The molecular weight excluding hydrogens is 302 g/mol. The van der Waals surface area contributed by atoms with Crippen LogP contribution in [0.3, 0.4) is 0 Å². The van der Waals surface area contributed by atoms with Gasteiger partial charge in [-0.05, 0) is 36.2 Å². The Kier molecular flexibility index (Phi) is 3.22. The van der Waals surface area contributed by atoms with Gasteiger partial charge in [0.25, 0.3) is 0 Å². The van der Waals surface area contributed by atoms with Crippen molar-refractivity contribution in [3.63, 3.8) is 0 Å². The fourth-order valence-corrected chi connectivity index (χ4v) is 2.93. The third kappa shape index (κ3) is 2.35. The highest BCUT2D eigenvalue weighted by Crippen LogP contribution is 2.36. The van der Waals surface area contributed by atoms with Gasteiger partial charge in [0.2, 0.25) is 0 Å². The fraction of sp³-hybridized carbons (Fsp3) is 0.0833. The van der Waals surface area contributed by atoms with Gasteiger partial charge >= 0.3 is 5.97 Å². The standard InChI is InChI=1S/C12H10BrNO2S/c1-6-2-3-7(13)4-8(6)10-5-9(14)11(17-10)12(15)16/h2-5H,14H2,1H3,(H,15,16). The second kappa shape index (κ2) is 4.50. The molecule has 0 spiro atoms. The summed E-state index contributed by atoms with van der Waals surface area (Å²) in [6.07, 6.45) is 0. The van der Waals surface area contributed by atoms with Crippen LogP contribution in [0.15, 0.2) is 28.7 Å². The maximum absolute atomic E-state index is 10.9. The van der Waals surface area contributed by atoms with Gasteiger partial charge in [0.1, 0.15) is 4.88 Å². The lowest BCUT2D eigenvalue weighted by molar-refractivity contribution is 0.0703. The number of carboxylic acids is 1. The second-order valence-corrected chi connectivity index (χ2v) is 5.63. The number of benzene rings is 1. The Hall–Kier alpha value is -1.33. The number of nitrogen functional groups attached to an aromatic ring is 1. The van der Waals surface area contributed by atoms with Crippen molar-refractivity contribution in [1.29, 1.82) is 0 Å². The van der Waals surface area contributed by atoms with E-state index < -0.39 is 5.97 Å². The first-order chi connectivity index (χ1) is 7.99. The largest absolute Gasteiger partial charge is 0.477 e. The summed E-state index contributed by atoms with van der Waals surface area (Å²) in [6.45, 7) is 1.98. The maximum atomic E-state index is 10.9. The van der Waals surface area contributed by atoms with Crippen molar-refractivity contribution in [3.8, 4) is 10.4 Å². The molecule has 0 aliphatic rings. The SMILES string of the molecule is Cc1ccc(Br)cc1-c1cc(N)c(C(=O)O)s1. The zero-order chi connectivity index (χ0) is 12.6. The predicted molar refractivity (Wildman–Crippen MR) is 73.6 cm³/mol. The Morgan fingerprint density at radius 2 is 2.12 bits per heavy atom. The number of halogens is 1. The molecule has 0 bridgehead atoms. The average molecular weight is 312 g/mol. The minimum Gasteiger partial charge on any atom is -0.477 e. The van der Waals surface area contributed by atoms with Crippen LogP contribution in [0.25, 0.3) is 10.4 Å². The summed E-state index contributed by atoms with van der Waals surface area (Å²) < 4.78 is 0.960. The number of thiophene rings is 1. The molecule has 88 valence electrons. The van der Waals surface area contributed by atoms with Crippen LogP contribution >= 0.6 is 27.3 Å². The van der Waals surface area contributed by atoms with E-state index in [0.29, 0.717) is 5.69 Å². The molecule has 17 heavy (non-hydrogen) atoms. The molecule has 1 heterocycles. The first-order valence-corrected chi connectivity index (χ1v) is 6.49. The van der Waals surface area contributed by atoms with Gasteiger partial charge in [-0.1, -0.05) is 22.0 Å². The number of carboxylic acid groups (broad SMARTS) is 1. The Morgan fingerprint density at radius 3 is 2.71 bits per heavy atom. The van der Waals surface area contributed by atoms with Crippen molar-refractivity contribution < 1.29 is 9.90 Å². The minimum atomic E-state index is -0.980. The second-order valence-electron chi connectivity index (χ2n) is 3.66. The number of rotatable bonds is 2. The van der Waals surface area contributed by atoms with Crippen LogP contribution < -0.4 is 5.73 Å². The number of aromatic carboxylic acids is 1. The first kappa shape index (κ1) is 12.1. The molecule has 0 fully saturated rings. The highest BCUT2D eigenvalue weighted by atomic mass is 79.9. The third-order valence-corrected chi connectivity index (χ3v) is 4.09. The first-order valence-electron chi connectivity index (χ1n) is 4.88. The van der Waals surface area contributed by atoms with E-state index in [4.69, 9.17) is 10.8 Å². The Bertz CT molecular complexity index is 592. The molecule has 5 heteroatoms. The Balaban J connectivity index is 2.57. The van der Waals surface area contributed by atoms with Crippen LogP contribution in [0.5, 0.6) is 0 Å². The molecule has 3 N–H and O–H groups in total. The molecule has 0 aliphatic carbocycles. The summed E-state index contributed by atoms with van der Waals surface area (Å²) in [4.78, 5) is 12.0. The van der Waals surface area contributed by atoms with Gasteiger partial charge in [-0.15, -0.1) is 11.3 Å². The molecule has 0 saturated carbocycles. The topological polar surface area (TPSA) is 63.3 Å². The van der Waals surface area contributed by atoms with Crippen molar-refractivity contribution in [2.24, 2.45) is 0 Å². The maximum Gasteiger partial charge on any atom is 0.348 e. The Labute approximate surface area is 111 Å². The molecular formula is C12H10BrNO2S. The molecule has 3 nitrogen and oxygen atoms in total. The van der Waals surface area contributed by atoms with Crippen molar-refractivity contribution in [3.05, 3.63) is 39.2 Å². The third-order valence-electron chi connectivity index (χ3n) is 2.42. The number of anilines is 1. The van der Waals surface area contributed by atoms with E-state index in [2.05, 4.69) is 15.9 Å². The van der Waals surface area contributed by atoms with Crippen LogP contribution in [0.2, 0.25) is 0 Å². The van der Waals surface area contributed by atoms with Crippen LogP contribution in [-0.2, 0) is 0 Å². The molecule has 0 atom stereocenters. The van der Waals surface area contributed by atoms with Gasteiger partial charge in [0.05, 0.1) is 5.69 Å². The monoisotopic (exact) mass is 311 g/mol. The summed E-state index contributed by atoms with van der Waals surface area (Å²) in [6, 6.07) is 7.61. The van der Waals surface area contributed by atoms with Gasteiger partial charge in [-0.3, -0.25) is 0 Å². The molecule has 2 rings (SSSR count). The van der Waals surface area contributed by atoms with E-state index in [1.807, 2.05) is 25.1 Å². The zero-order valence-corrected chi connectivity index (χ0v) is 11.4. The summed E-state index contributed by atoms with van der Waals surface area (Å²) in [5.41, 5.74) is 8.09. The summed E-state index contributed by atoms with van der Waals surface area (Å²) >= 11 is 4.60. The van der Waals surface area contributed by atoms with Crippen LogP contribution in [0.1, 0.15) is 15.2 Å². The van der Waals surface area contributed by atoms with E-state index in [-0.39, 0.29) is 4.88 Å². The molecule has 0 aliphatic heterocycles. The lowest BCUT2D eigenvalue weighted by Crippen LogP contribution is -1.96. The van der Waals surface area contributed by atoms with Crippen molar-refractivity contribution >= 4 is 38.9 Å². The highest BCUT2D eigenvalue weighted by molar-refractivity contribution is 9.10. The summed E-state index contributed by atoms with van der Waals surface area (Å²) in [5, 5.41) is 8.97. The summed E-state index contributed by atoms with van der Waals surface area (Å²) in [7, 11) is 0. The van der Waals surface area contributed by atoms with Gasteiger partial charge in [0.15, 0.2) is 0 Å². The van der Waals surface area contributed by atoms with Gasteiger partial charge in [-0.2, -0.15) is 0 Å². The Morgan fingerprint density at radius 1 is 1.41 bits per heavy atom. The van der Waals surface area contributed by atoms with E-state index in [9.17, 15) is 4.79 Å². The lowest BCUT2D eigenvalue weighted by Gasteiger charge is -2.03. The lowest BCUT2D eigenvalue weighted by atomic mass is 10.1. The normalized spacial score (nSPS) is 10.5. The highest BCUT2D eigenvalue weighted by Gasteiger charge is 2.15. The van der Waals surface area contributed by atoms with Gasteiger partial charge in [0, 0.05) is 9.35 Å². The molecule has 1 aromatic carbocycles. The smallest absolute Gasteiger partial charge is 0.348 e. The van der Waals surface area contributed by atoms with Crippen molar-refractivity contribution in [2.45, 2.75) is 6.92 Å². The number of nitrogens with two attached hydrogens (primary N) is 1. The van der Waals surface area contributed by atoms with E-state index in [1.165, 1.54) is 11.3 Å². The molecule has 0 saturated heterocycles. The van der Waals surface area contributed by atoms with Crippen LogP contribution in [0, 0.1) is 6.92 Å². The average Bonchev–Trinajstić information content (AvgIpc) is 2.64. The zero-order valence-electron chi connectivity index (χ0n) is 9.03. The number of hydrogen-bond acceptors (Lipinski definition) is 3. The quantitative estimate of drug-likeness (QED) is 0.887. The number of aryl methyl sites for hydroxylation is 1. The number of hydrogen-bond donors (Lipinski definition) is 2. The molecule has 0 amide bonds. The van der Waals surface area contributed by atoms with Crippen LogP contribution in [-0.4, -0.2) is 11.1 Å². The van der Waals surface area contributed by atoms with Gasteiger partial charge in [-0.25, -0.2) is 4.79 Å². The van der Waals surface area contributed by atoms with E-state index >= 15 is 0 Å². The molecule has 0 unspecified atom stereocenters. The van der Waals surface area contributed by atoms with E-state index in [1.54, 1.807) is 6.07 Å². The molecule has 0 radical (unpaired) electrons. The molecule has 2 aromatic rings. The summed E-state index contributed by atoms with van der Waals surface area (Å²) in [5.74, 6) is -0.980. The van der Waals surface area contributed by atoms with Crippen molar-refractivity contribution in [2.75, 3.05) is 5.73 Å². The fourth-order valence-electron chi connectivity index (χ4n) is 1.56. The van der Waals surface area contributed by atoms with Gasteiger partial charge < -0.3 is 10.8 Å². The minimum absolute atomic E-state index is 0.194. The predicted octanol–water partition coefficient (Wildman–Crippen LogP) is 3.77. The van der Waals surface area contributed by atoms with Crippen molar-refractivity contribution in [1.82, 2.24) is 0 Å². The molecule has 1 aromatic heterocycles. The van der Waals surface area contributed by atoms with Crippen LogP contribution in [0.4, 0.5) is 5.69 Å².